The fourth-order valence-corrected chi connectivity index (χ4v) is 1.62. The summed E-state index contributed by atoms with van der Waals surface area (Å²) in [7, 11) is 0. The number of benzene rings is 1. The second-order valence-corrected chi connectivity index (χ2v) is 4.20. The molecule has 1 heterocycles. The van der Waals surface area contributed by atoms with E-state index in [4.69, 9.17) is 11.6 Å². The Morgan fingerprint density at radius 2 is 1.94 bits per heavy atom. The molecule has 2 aromatic rings. The first kappa shape index (κ1) is 12.5. The summed E-state index contributed by atoms with van der Waals surface area (Å²) in [5, 5.41) is 10.8. The highest BCUT2D eigenvalue weighted by Gasteiger charge is 2.04. The predicted molar refractivity (Wildman–Crippen MR) is 69.5 cm³/mol. The van der Waals surface area contributed by atoms with E-state index in [1.165, 1.54) is 12.4 Å². The molecule has 4 nitrogen and oxygen atoms in total. The van der Waals surface area contributed by atoms with Gasteiger partial charge in [-0.3, -0.25) is 4.79 Å². The lowest BCUT2D eigenvalue weighted by atomic mass is 10.1. The Morgan fingerprint density at radius 1 is 1.17 bits per heavy atom. The maximum Gasteiger partial charge on any atom is 0.252 e. The van der Waals surface area contributed by atoms with Crippen LogP contribution >= 0.6 is 11.6 Å². The standard InChI is InChI=1S/C13H12ClN3O/c14-12-3-1-10(2-4-12)5-7-15-13(18)11-6-8-16-17-9-11/h1-4,6,8-9H,5,7H2,(H,15,18). The average molecular weight is 262 g/mol. The van der Waals surface area contributed by atoms with Crippen LogP contribution in [-0.4, -0.2) is 22.6 Å². The predicted octanol–water partition coefficient (Wildman–Crippen LogP) is 2.10. The maximum atomic E-state index is 11.7. The van der Waals surface area contributed by atoms with E-state index in [0.29, 0.717) is 17.1 Å². The largest absolute Gasteiger partial charge is 0.352 e. The molecule has 1 aromatic heterocycles. The third-order valence-electron chi connectivity index (χ3n) is 2.46. The van der Waals surface area contributed by atoms with Crippen molar-refractivity contribution in [1.29, 1.82) is 0 Å². The molecule has 0 aliphatic carbocycles. The van der Waals surface area contributed by atoms with E-state index in [-0.39, 0.29) is 5.91 Å². The van der Waals surface area contributed by atoms with Gasteiger partial charge in [-0.1, -0.05) is 23.7 Å². The number of amides is 1. The topological polar surface area (TPSA) is 54.9 Å². The SMILES string of the molecule is O=C(NCCc1ccc(Cl)cc1)c1ccnnc1. The van der Waals surface area contributed by atoms with Crippen molar-refractivity contribution < 1.29 is 4.79 Å². The second-order valence-electron chi connectivity index (χ2n) is 3.76. The number of rotatable bonds is 4. The quantitative estimate of drug-likeness (QED) is 0.917. The molecule has 0 saturated heterocycles. The molecule has 18 heavy (non-hydrogen) atoms. The fourth-order valence-electron chi connectivity index (χ4n) is 1.50. The minimum atomic E-state index is -0.140. The van der Waals surface area contributed by atoms with Crippen molar-refractivity contribution in [3.63, 3.8) is 0 Å². The summed E-state index contributed by atoms with van der Waals surface area (Å²) < 4.78 is 0. The first-order valence-corrected chi connectivity index (χ1v) is 5.93. The molecule has 0 aliphatic rings. The van der Waals surface area contributed by atoms with Crippen LogP contribution in [0.4, 0.5) is 0 Å². The molecule has 0 atom stereocenters. The van der Waals surface area contributed by atoms with E-state index in [9.17, 15) is 4.79 Å². The summed E-state index contributed by atoms with van der Waals surface area (Å²) in [4.78, 5) is 11.7. The van der Waals surface area contributed by atoms with Gasteiger partial charge in [0.05, 0.1) is 18.0 Å². The van der Waals surface area contributed by atoms with Gasteiger partial charge in [-0.05, 0) is 30.2 Å². The molecular weight excluding hydrogens is 250 g/mol. The zero-order valence-corrected chi connectivity index (χ0v) is 10.4. The Bertz CT molecular complexity index is 514. The fraction of sp³-hybridized carbons (Fsp3) is 0.154. The second kappa shape index (κ2) is 6.12. The molecule has 0 aliphatic heterocycles. The van der Waals surface area contributed by atoms with E-state index in [1.54, 1.807) is 6.07 Å². The Morgan fingerprint density at radius 3 is 2.61 bits per heavy atom. The number of carbonyl (C=O) groups is 1. The van der Waals surface area contributed by atoms with Crippen molar-refractivity contribution in [1.82, 2.24) is 15.5 Å². The average Bonchev–Trinajstić information content (AvgIpc) is 2.42. The van der Waals surface area contributed by atoms with Gasteiger partial charge >= 0.3 is 0 Å². The van der Waals surface area contributed by atoms with Crippen molar-refractivity contribution in [2.45, 2.75) is 6.42 Å². The lowest BCUT2D eigenvalue weighted by molar-refractivity contribution is 0.0953. The number of nitrogens with zero attached hydrogens (tertiary/aromatic N) is 2. The van der Waals surface area contributed by atoms with Crippen LogP contribution in [0.3, 0.4) is 0 Å². The summed E-state index contributed by atoms with van der Waals surface area (Å²) >= 11 is 5.79. The first-order chi connectivity index (χ1) is 8.75. The Labute approximate surface area is 110 Å². The molecule has 0 radical (unpaired) electrons. The van der Waals surface area contributed by atoms with Gasteiger partial charge in [0.1, 0.15) is 0 Å². The number of halogens is 1. The molecule has 0 saturated carbocycles. The van der Waals surface area contributed by atoms with Gasteiger partial charge in [-0.15, -0.1) is 0 Å². The van der Waals surface area contributed by atoms with Crippen LogP contribution < -0.4 is 5.32 Å². The highest BCUT2D eigenvalue weighted by molar-refractivity contribution is 6.30. The van der Waals surface area contributed by atoms with Crippen LogP contribution in [0.5, 0.6) is 0 Å². The summed E-state index contributed by atoms with van der Waals surface area (Å²) in [5.41, 5.74) is 1.65. The summed E-state index contributed by atoms with van der Waals surface area (Å²) in [6.45, 7) is 0.572. The van der Waals surface area contributed by atoms with E-state index in [2.05, 4.69) is 15.5 Å². The van der Waals surface area contributed by atoms with Crippen molar-refractivity contribution in [3.05, 3.63) is 58.9 Å². The molecule has 1 aromatic carbocycles. The summed E-state index contributed by atoms with van der Waals surface area (Å²) in [6, 6.07) is 9.20. The number of hydrogen-bond donors (Lipinski definition) is 1. The monoisotopic (exact) mass is 261 g/mol. The van der Waals surface area contributed by atoms with Crippen LogP contribution in [0.25, 0.3) is 0 Å². The van der Waals surface area contributed by atoms with Gasteiger partial charge in [-0.25, -0.2) is 0 Å². The normalized spacial score (nSPS) is 10.1. The van der Waals surface area contributed by atoms with Gasteiger partial charge in [0.2, 0.25) is 0 Å². The van der Waals surface area contributed by atoms with Crippen LogP contribution in [0.1, 0.15) is 15.9 Å². The van der Waals surface area contributed by atoms with Crippen molar-refractivity contribution >= 4 is 17.5 Å². The number of hydrogen-bond acceptors (Lipinski definition) is 3. The Balaban J connectivity index is 1.82. The van der Waals surface area contributed by atoms with Crippen LogP contribution in [-0.2, 0) is 6.42 Å². The zero-order valence-electron chi connectivity index (χ0n) is 9.64. The van der Waals surface area contributed by atoms with Crippen LogP contribution in [0, 0.1) is 0 Å². The van der Waals surface area contributed by atoms with Crippen molar-refractivity contribution in [2.24, 2.45) is 0 Å². The highest BCUT2D eigenvalue weighted by Crippen LogP contribution is 2.09. The number of aromatic nitrogens is 2. The van der Waals surface area contributed by atoms with Crippen molar-refractivity contribution in [3.8, 4) is 0 Å². The molecule has 1 amide bonds. The third kappa shape index (κ3) is 3.53. The molecule has 0 unspecified atom stereocenters. The molecule has 0 bridgehead atoms. The summed E-state index contributed by atoms with van der Waals surface area (Å²) in [6.07, 6.45) is 3.70. The van der Waals surface area contributed by atoms with Gasteiger partial charge in [0.25, 0.3) is 5.91 Å². The summed E-state index contributed by atoms with van der Waals surface area (Å²) in [5.74, 6) is -0.140. The molecule has 0 fully saturated rings. The number of carbonyl (C=O) groups excluding carboxylic acids is 1. The molecule has 2 rings (SSSR count). The van der Waals surface area contributed by atoms with E-state index in [1.807, 2.05) is 24.3 Å². The smallest absolute Gasteiger partial charge is 0.252 e. The van der Waals surface area contributed by atoms with E-state index < -0.39 is 0 Å². The number of nitrogens with one attached hydrogen (secondary N) is 1. The van der Waals surface area contributed by atoms with Gasteiger partial charge in [0.15, 0.2) is 0 Å². The minimum absolute atomic E-state index is 0.140. The highest BCUT2D eigenvalue weighted by atomic mass is 35.5. The third-order valence-corrected chi connectivity index (χ3v) is 2.71. The van der Waals surface area contributed by atoms with E-state index in [0.717, 1.165) is 12.0 Å². The Kier molecular flexibility index (Phi) is 4.25. The van der Waals surface area contributed by atoms with Gasteiger partial charge < -0.3 is 5.32 Å². The molecule has 1 N–H and O–H groups in total. The minimum Gasteiger partial charge on any atom is -0.352 e. The maximum absolute atomic E-state index is 11.7. The lowest BCUT2D eigenvalue weighted by Gasteiger charge is -2.04. The Hall–Kier alpha value is -1.94. The molecule has 0 spiro atoms. The van der Waals surface area contributed by atoms with Crippen molar-refractivity contribution in [2.75, 3.05) is 6.54 Å². The lowest BCUT2D eigenvalue weighted by Crippen LogP contribution is -2.25. The molecule has 92 valence electrons. The van der Waals surface area contributed by atoms with Crippen LogP contribution in [0.2, 0.25) is 5.02 Å². The van der Waals surface area contributed by atoms with E-state index >= 15 is 0 Å². The first-order valence-electron chi connectivity index (χ1n) is 5.55. The zero-order chi connectivity index (χ0) is 12.8. The molecule has 5 heteroatoms. The van der Waals surface area contributed by atoms with Gasteiger partial charge in [-0.2, -0.15) is 10.2 Å². The van der Waals surface area contributed by atoms with Crippen LogP contribution in [0.15, 0.2) is 42.7 Å². The molecular formula is C13H12ClN3O. The van der Waals surface area contributed by atoms with Gasteiger partial charge in [0, 0.05) is 11.6 Å².